The van der Waals surface area contributed by atoms with Gasteiger partial charge >= 0.3 is 5.97 Å². The van der Waals surface area contributed by atoms with Crippen molar-refractivity contribution in [3.63, 3.8) is 0 Å². The van der Waals surface area contributed by atoms with Gasteiger partial charge in [-0.1, -0.05) is 0 Å². The molecule has 5 nitrogen and oxygen atoms in total. The maximum absolute atomic E-state index is 11.0. The average Bonchev–Trinajstić information content (AvgIpc) is 2.63. The van der Waals surface area contributed by atoms with Crippen LogP contribution < -0.4 is 0 Å². The molecule has 0 aliphatic carbocycles. The van der Waals surface area contributed by atoms with Gasteiger partial charge in [0.1, 0.15) is 12.1 Å². The molecule has 1 heterocycles. The number of hydrogen-bond acceptors (Lipinski definition) is 4. The van der Waals surface area contributed by atoms with Crippen LogP contribution in [0.2, 0.25) is 0 Å². The molecule has 0 spiro atoms. The van der Waals surface area contributed by atoms with Gasteiger partial charge < -0.3 is 4.74 Å². The molecule has 0 N–H and O–H groups in total. The van der Waals surface area contributed by atoms with Crippen LogP contribution in [-0.2, 0) is 9.53 Å². The van der Waals surface area contributed by atoms with Gasteiger partial charge in [0.15, 0.2) is 0 Å². The second kappa shape index (κ2) is 3.72. The molecule has 68 valence electrons. The second-order valence-electron chi connectivity index (χ2n) is 2.52. The zero-order valence-corrected chi connectivity index (χ0v) is 7.39. The molecular formula is C8H9N3O2. The largest absolute Gasteiger partial charge is 0.467 e. The number of nitriles is 1. The van der Waals surface area contributed by atoms with Gasteiger partial charge in [0.2, 0.25) is 0 Å². The summed E-state index contributed by atoms with van der Waals surface area (Å²) in [6.07, 6.45) is 2.90. The summed E-state index contributed by atoms with van der Waals surface area (Å²) in [6.45, 7) is 1.65. The predicted molar refractivity (Wildman–Crippen MR) is 43.7 cm³/mol. The highest BCUT2D eigenvalue weighted by atomic mass is 16.5. The molecule has 1 aromatic rings. The summed E-state index contributed by atoms with van der Waals surface area (Å²) in [5.41, 5.74) is 0.427. The number of ether oxygens (including phenoxy) is 1. The van der Waals surface area contributed by atoms with Gasteiger partial charge in [0.25, 0.3) is 0 Å². The lowest BCUT2D eigenvalue weighted by Gasteiger charge is -2.08. The fourth-order valence-corrected chi connectivity index (χ4v) is 0.886. The molecular weight excluding hydrogens is 170 g/mol. The molecule has 0 fully saturated rings. The molecule has 0 radical (unpaired) electrons. The predicted octanol–water partition coefficient (Wildman–Crippen LogP) is 0.489. The summed E-state index contributed by atoms with van der Waals surface area (Å²) in [6, 6.07) is 1.43. The Morgan fingerprint density at radius 3 is 3.00 bits per heavy atom. The van der Waals surface area contributed by atoms with E-state index < -0.39 is 6.04 Å². The number of aromatic nitrogens is 2. The van der Waals surface area contributed by atoms with Crippen molar-refractivity contribution in [2.45, 2.75) is 13.0 Å². The first-order chi connectivity index (χ1) is 6.19. The Labute approximate surface area is 75.5 Å². The summed E-state index contributed by atoms with van der Waals surface area (Å²) in [7, 11) is 1.31. The lowest BCUT2D eigenvalue weighted by molar-refractivity contribution is -0.144. The lowest BCUT2D eigenvalue weighted by atomic mass is 10.3. The molecule has 1 aromatic heterocycles. The normalized spacial score (nSPS) is 11.8. The maximum Gasteiger partial charge on any atom is 0.330 e. The van der Waals surface area contributed by atoms with Gasteiger partial charge in [-0.05, 0) is 6.92 Å². The van der Waals surface area contributed by atoms with Crippen LogP contribution >= 0.6 is 0 Å². The Kier molecular flexibility index (Phi) is 2.65. The molecule has 0 aliphatic rings. The third-order valence-electron chi connectivity index (χ3n) is 1.67. The Bertz CT molecular complexity index is 351. The quantitative estimate of drug-likeness (QED) is 0.619. The van der Waals surface area contributed by atoms with Crippen LogP contribution in [0.1, 0.15) is 18.5 Å². The molecule has 0 amide bonds. The lowest BCUT2D eigenvalue weighted by Crippen LogP contribution is -2.17. The SMILES string of the molecule is COC(=O)[C@@H](C)n1cc(C#N)cn1. The van der Waals surface area contributed by atoms with Crippen molar-refractivity contribution in [3.8, 4) is 6.07 Å². The molecule has 0 aliphatic heterocycles. The summed E-state index contributed by atoms with van der Waals surface area (Å²) >= 11 is 0. The number of carbonyl (C=O) groups excluding carboxylic acids is 1. The van der Waals surface area contributed by atoms with E-state index >= 15 is 0 Å². The third kappa shape index (κ3) is 1.85. The van der Waals surface area contributed by atoms with Crippen molar-refractivity contribution in [2.24, 2.45) is 0 Å². The number of hydrogen-bond donors (Lipinski definition) is 0. The van der Waals surface area contributed by atoms with Gasteiger partial charge in [-0.15, -0.1) is 0 Å². The van der Waals surface area contributed by atoms with E-state index in [0.29, 0.717) is 5.56 Å². The molecule has 0 bridgehead atoms. The van der Waals surface area contributed by atoms with Crippen molar-refractivity contribution in [3.05, 3.63) is 18.0 Å². The fourth-order valence-electron chi connectivity index (χ4n) is 0.886. The minimum atomic E-state index is -0.493. The Hall–Kier alpha value is -1.83. The molecule has 1 atom stereocenters. The highest BCUT2D eigenvalue weighted by Gasteiger charge is 2.15. The highest BCUT2D eigenvalue weighted by Crippen LogP contribution is 2.07. The summed E-state index contributed by atoms with van der Waals surface area (Å²) < 4.78 is 5.92. The molecule has 5 heteroatoms. The molecule has 0 saturated heterocycles. The number of carbonyl (C=O) groups is 1. The monoisotopic (exact) mass is 179 g/mol. The third-order valence-corrected chi connectivity index (χ3v) is 1.67. The van der Waals surface area contributed by atoms with E-state index in [2.05, 4.69) is 9.84 Å². The van der Waals surface area contributed by atoms with Crippen molar-refractivity contribution >= 4 is 5.97 Å². The minimum absolute atomic E-state index is 0.382. The number of nitrogens with zero attached hydrogens (tertiary/aromatic N) is 3. The molecule has 0 saturated carbocycles. The maximum atomic E-state index is 11.0. The standard InChI is InChI=1S/C8H9N3O2/c1-6(8(12)13-2)11-5-7(3-9)4-10-11/h4-6H,1-2H3/t6-/m1/s1. The van der Waals surface area contributed by atoms with Gasteiger partial charge in [0.05, 0.1) is 18.9 Å². The van der Waals surface area contributed by atoms with E-state index in [1.165, 1.54) is 24.2 Å². The molecule has 0 aromatic carbocycles. The topological polar surface area (TPSA) is 67.9 Å². The van der Waals surface area contributed by atoms with Crippen LogP contribution in [0.3, 0.4) is 0 Å². The molecule has 13 heavy (non-hydrogen) atoms. The summed E-state index contributed by atoms with van der Waals surface area (Å²) in [4.78, 5) is 11.0. The second-order valence-corrected chi connectivity index (χ2v) is 2.52. The van der Waals surface area contributed by atoms with Gasteiger partial charge in [0, 0.05) is 6.20 Å². The van der Waals surface area contributed by atoms with Crippen LogP contribution in [0.4, 0.5) is 0 Å². The van der Waals surface area contributed by atoms with Crippen LogP contribution in [0, 0.1) is 11.3 Å². The van der Waals surface area contributed by atoms with E-state index in [1.54, 1.807) is 6.92 Å². The van der Waals surface area contributed by atoms with E-state index in [1.807, 2.05) is 6.07 Å². The van der Waals surface area contributed by atoms with Crippen molar-refractivity contribution in [2.75, 3.05) is 7.11 Å². The smallest absolute Gasteiger partial charge is 0.330 e. The Morgan fingerprint density at radius 2 is 2.54 bits per heavy atom. The van der Waals surface area contributed by atoms with Crippen LogP contribution in [-0.4, -0.2) is 22.9 Å². The van der Waals surface area contributed by atoms with E-state index in [9.17, 15) is 4.79 Å². The van der Waals surface area contributed by atoms with Gasteiger partial charge in [-0.2, -0.15) is 10.4 Å². The zero-order valence-electron chi connectivity index (χ0n) is 7.39. The fraction of sp³-hybridized carbons (Fsp3) is 0.375. The first kappa shape index (κ1) is 9.26. The van der Waals surface area contributed by atoms with Gasteiger partial charge in [-0.3, -0.25) is 4.68 Å². The zero-order chi connectivity index (χ0) is 9.84. The first-order valence-electron chi connectivity index (χ1n) is 3.71. The van der Waals surface area contributed by atoms with E-state index in [0.717, 1.165) is 0 Å². The number of methoxy groups -OCH3 is 1. The van der Waals surface area contributed by atoms with Crippen molar-refractivity contribution in [1.82, 2.24) is 9.78 Å². The number of rotatable bonds is 2. The van der Waals surface area contributed by atoms with Crippen molar-refractivity contribution in [1.29, 1.82) is 5.26 Å². The van der Waals surface area contributed by atoms with Crippen LogP contribution in [0.25, 0.3) is 0 Å². The summed E-state index contributed by atoms with van der Waals surface area (Å²) in [5.74, 6) is -0.382. The minimum Gasteiger partial charge on any atom is -0.467 e. The molecule has 1 rings (SSSR count). The van der Waals surface area contributed by atoms with E-state index in [-0.39, 0.29) is 5.97 Å². The van der Waals surface area contributed by atoms with Crippen LogP contribution in [0.15, 0.2) is 12.4 Å². The number of esters is 1. The first-order valence-corrected chi connectivity index (χ1v) is 3.71. The molecule has 0 unspecified atom stereocenters. The van der Waals surface area contributed by atoms with Crippen molar-refractivity contribution < 1.29 is 9.53 Å². The van der Waals surface area contributed by atoms with Crippen LogP contribution in [0.5, 0.6) is 0 Å². The summed E-state index contributed by atoms with van der Waals surface area (Å²) in [5, 5.41) is 12.4. The highest BCUT2D eigenvalue weighted by molar-refractivity contribution is 5.73. The van der Waals surface area contributed by atoms with Gasteiger partial charge in [-0.25, -0.2) is 4.79 Å². The Balaban J connectivity index is 2.84. The average molecular weight is 179 g/mol. The van der Waals surface area contributed by atoms with E-state index in [4.69, 9.17) is 5.26 Å². The Morgan fingerprint density at radius 1 is 1.85 bits per heavy atom.